The number of nitrogen functional groups attached to an aromatic ring is 1. The zero-order valence-corrected chi connectivity index (χ0v) is 24.2. The van der Waals surface area contributed by atoms with Gasteiger partial charge in [0.15, 0.2) is 0 Å². The Kier molecular flexibility index (Phi) is 10.2. The molecule has 0 saturated carbocycles. The Morgan fingerprint density at radius 1 is 1.17 bits per heavy atom. The maximum Gasteiger partial charge on any atom is 0.412 e. The Labute approximate surface area is 242 Å². The molecule has 0 unspecified atom stereocenters. The second-order valence-electron chi connectivity index (χ2n) is 9.41. The average molecular weight is 554 g/mol. The van der Waals surface area contributed by atoms with E-state index < -0.39 is 6.09 Å². The quantitative estimate of drug-likeness (QED) is 0.178. The molecule has 6 N–H and O–H groups in total. The molecule has 1 aliphatic rings. The van der Waals surface area contributed by atoms with Crippen LogP contribution in [0.2, 0.25) is 0 Å². The Morgan fingerprint density at radius 2 is 1.93 bits per heavy atom. The smallest absolute Gasteiger partial charge is 0.412 e. The Morgan fingerprint density at radius 3 is 2.59 bits per heavy atom. The minimum atomic E-state index is -0.618. The Bertz CT molecular complexity index is 1470. The van der Waals surface area contributed by atoms with E-state index >= 15 is 0 Å². The molecule has 0 aromatic heterocycles. The van der Waals surface area contributed by atoms with Crippen LogP contribution < -0.4 is 26.8 Å². The van der Waals surface area contributed by atoms with Gasteiger partial charge < -0.3 is 31.2 Å². The van der Waals surface area contributed by atoms with Gasteiger partial charge in [0.05, 0.1) is 31.1 Å². The number of nitrogens with one attached hydrogen (secondary N) is 2. The lowest BCUT2D eigenvalue weighted by molar-refractivity contribution is 0.155. The summed E-state index contributed by atoms with van der Waals surface area (Å²) in [7, 11) is 1.66. The first-order chi connectivity index (χ1) is 19.6. The predicted octanol–water partition coefficient (Wildman–Crippen LogP) is 6.83. The lowest BCUT2D eigenvalue weighted by Gasteiger charge is -2.35. The van der Waals surface area contributed by atoms with Crippen molar-refractivity contribution < 1.29 is 14.3 Å². The number of ether oxygens (including phenoxy) is 2. The van der Waals surface area contributed by atoms with Crippen molar-refractivity contribution in [1.82, 2.24) is 10.2 Å². The summed E-state index contributed by atoms with van der Waals surface area (Å²) < 4.78 is 10.4. The number of amides is 1. The standard InChI is InChI=1S/C33H39N5O3/c1-8-41-33(39)37-25(6)36-32-30(21(2)12-9-10-15-34)19-28(20-31(32)35)27-16-22(3)38(23(4)17-27)24(5)26-13-11-14-29(18-26)40-7/h9-20,24,36H,2-3,6,8,34-35H2,1,4-5,7H3,(H,37,39)/b12-9-,15-10-/t24-/m0/s1. The summed E-state index contributed by atoms with van der Waals surface area (Å²) in [6.45, 7) is 18.6. The summed E-state index contributed by atoms with van der Waals surface area (Å²) in [4.78, 5) is 14.1. The third kappa shape index (κ3) is 7.51. The van der Waals surface area contributed by atoms with E-state index in [0.717, 1.165) is 39.4 Å². The van der Waals surface area contributed by atoms with Crippen LogP contribution >= 0.6 is 0 Å². The van der Waals surface area contributed by atoms with Gasteiger partial charge in [-0.15, -0.1) is 0 Å². The minimum absolute atomic E-state index is 0.0392. The second kappa shape index (κ2) is 13.8. The van der Waals surface area contributed by atoms with Crippen LogP contribution in [0, 0.1) is 0 Å². The monoisotopic (exact) mass is 553 g/mol. The minimum Gasteiger partial charge on any atom is -0.497 e. The first kappa shape index (κ1) is 30.4. The molecule has 0 fully saturated rings. The van der Waals surface area contributed by atoms with Crippen LogP contribution in [-0.2, 0) is 4.74 Å². The normalized spacial score (nSPS) is 14.0. The van der Waals surface area contributed by atoms with Crippen molar-refractivity contribution in [2.24, 2.45) is 5.73 Å². The van der Waals surface area contributed by atoms with Crippen LogP contribution in [0.3, 0.4) is 0 Å². The van der Waals surface area contributed by atoms with Crippen LogP contribution in [0.4, 0.5) is 16.2 Å². The maximum absolute atomic E-state index is 11.9. The third-order valence-electron chi connectivity index (χ3n) is 6.51. The molecular formula is C33H39N5O3. The molecule has 2 aromatic carbocycles. The van der Waals surface area contributed by atoms with E-state index in [2.05, 4.69) is 61.3 Å². The van der Waals surface area contributed by atoms with Crippen LogP contribution in [0.1, 0.15) is 43.5 Å². The van der Waals surface area contributed by atoms with Crippen molar-refractivity contribution in [1.29, 1.82) is 0 Å². The largest absolute Gasteiger partial charge is 0.497 e. The van der Waals surface area contributed by atoms with E-state index in [-0.39, 0.29) is 18.5 Å². The summed E-state index contributed by atoms with van der Waals surface area (Å²) in [5.74, 6) is 1.02. The molecular weight excluding hydrogens is 514 g/mol. The van der Waals surface area contributed by atoms with Crippen molar-refractivity contribution in [2.45, 2.75) is 26.8 Å². The number of hydrogen-bond donors (Lipinski definition) is 4. The second-order valence-corrected chi connectivity index (χ2v) is 9.41. The van der Waals surface area contributed by atoms with Crippen LogP contribution in [0.25, 0.3) is 11.1 Å². The molecule has 0 aliphatic carbocycles. The molecule has 1 atom stereocenters. The van der Waals surface area contributed by atoms with Crippen molar-refractivity contribution in [3.8, 4) is 5.75 Å². The first-order valence-corrected chi connectivity index (χ1v) is 13.2. The van der Waals surface area contributed by atoms with Crippen molar-refractivity contribution in [2.75, 3.05) is 24.8 Å². The van der Waals surface area contributed by atoms with Crippen molar-refractivity contribution in [3.05, 3.63) is 127 Å². The number of benzene rings is 2. The van der Waals surface area contributed by atoms with Gasteiger partial charge in [-0.05, 0) is 91.7 Å². The van der Waals surface area contributed by atoms with Gasteiger partial charge in [0.25, 0.3) is 0 Å². The van der Waals surface area contributed by atoms with Gasteiger partial charge in [-0.25, -0.2) is 4.79 Å². The summed E-state index contributed by atoms with van der Waals surface area (Å²) >= 11 is 0. The van der Waals surface area contributed by atoms with E-state index in [1.54, 1.807) is 26.2 Å². The summed E-state index contributed by atoms with van der Waals surface area (Å²) in [5, 5.41) is 5.65. The fourth-order valence-electron chi connectivity index (χ4n) is 4.61. The number of nitrogens with two attached hydrogens (primary N) is 2. The van der Waals surface area contributed by atoms with Gasteiger partial charge >= 0.3 is 6.09 Å². The average Bonchev–Trinajstić information content (AvgIpc) is 2.93. The molecule has 0 saturated heterocycles. The number of carbonyl (C=O) groups is 1. The zero-order valence-electron chi connectivity index (χ0n) is 24.2. The van der Waals surface area contributed by atoms with E-state index in [0.29, 0.717) is 16.9 Å². The topological polar surface area (TPSA) is 115 Å². The molecule has 0 bridgehead atoms. The van der Waals surface area contributed by atoms with Gasteiger partial charge in [-0.2, -0.15) is 0 Å². The highest BCUT2D eigenvalue weighted by Crippen LogP contribution is 2.39. The van der Waals surface area contributed by atoms with Gasteiger partial charge in [0, 0.05) is 17.0 Å². The molecule has 2 aromatic rings. The highest BCUT2D eigenvalue weighted by molar-refractivity contribution is 5.92. The molecule has 1 amide bonds. The fourth-order valence-corrected chi connectivity index (χ4v) is 4.61. The molecule has 1 heterocycles. The van der Waals surface area contributed by atoms with Gasteiger partial charge in [0.2, 0.25) is 0 Å². The van der Waals surface area contributed by atoms with Gasteiger partial charge in [-0.1, -0.05) is 44.0 Å². The number of carbonyl (C=O) groups excluding carboxylic acids is 1. The Balaban J connectivity index is 1.98. The molecule has 214 valence electrons. The Hall–Kier alpha value is -5.11. The number of methoxy groups -OCH3 is 1. The van der Waals surface area contributed by atoms with E-state index in [4.69, 9.17) is 20.9 Å². The number of alkyl carbamates (subject to hydrolysis) is 1. The number of nitrogens with zero attached hydrogens (tertiary/aromatic N) is 1. The number of hydrogen-bond acceptors (Lipinski definition) is 7. The van der Waals surface area contributed by atoms with Gasteiger partial charge in [0.1, 0.15) is 11.6 Å². The molecule has 0 radical (unpaired) electrons. The molecule has 41 heavy (non-hydrogen) atoms. The molecule has 0 spiro atoms. The SMILES string of the molecule is C=C(NC(=O)OCC)Nc1c(N)cc(C2=CC(=C)N([C@@H](C)c3cccc(OC)c3)C(C)=C2)cc1C(=C)/C=C\C=C/N. The highest BCUT2D eigenvalue weighted by atomic mass is 16.5. The molecule has 8 nitrogen and oxygen atoms in total. The van der Waals surface area contributed by atoms with Crippen molar-refractivity contribution >= 4 is 28.6 Å². The van der Waals surface area contributed by atoms with Crippen LogP contribution in [-0.4, -0.2) is 24.7 Å². The first-order valence-electron chi connectivity index (χ1n) is 13.2. The van der Waals surface area contributed by atoms with Crippen LogP contribution in [0.15, 0.2) is 110 Å². The van der Waals surface area contributed by atoms with Crippen LogP contribution in [0.5, 0.6) is 5.75 Å². The van der Waals surface area contributed by atoms with Crippen molar-refractivity contribution in [3.63, 3.8) is 0 Å². The van der Waals surface area contributed by atoms with E-state index in [1.165, 1.54) is 6.20 Å². The molecule has 8 heteroatoms. The predicted molar refractivity (Wildman–Crippen MR) is 169 cm³/mol. The summed E-state index contributed by atoms with van der Waals surface area (Å²) in [6, 6.07) is 11.9. The fraction of sp³-hybridized carbons (Fsp3) is 0.182. The molecule has 3 rings (SSSR count). The summed E-state index contributed by atoms with van der Waals surface area (Å²) in [5.41, 5.74) is 19.3. The maximum atomic E-state index is 11.9. The number of allylic oxidation sites excluding steroid dienone is 8. The third-order valence-corrected chi connectivity index (χ3v) is 6.51. The lowest BCUT2D eigenvalue weighted by atomic mass is 9.93. The van der Waals surface area contributed by atoms with Gasteiger partial charge in [-0.3, -0.25) is 5.32 Å². The highest BCUT2D eigenvalue weighted by Gasteiger charge is 2.23. The van der Waals surface area contributed by atoms with E-state index in [9.17, 15) is 4.79 Å². The summed E-state index contributed by atoms with van der Waals surface area (Å²) in [6.07, 6.45) is 10.3. The number of rotatable bonds is 11. The zero-order chi connectivity index (χ0) is 30.1. The van der Waals surface area contributed by atoms with E-state index in [1.807, 2.05) is 42.5 Å². The lowest BCUT2D eigenvalue weighted by Crippen LogP contribution is -2.27. The molecule has 1 aliphatic heterocycles. The number of anilines is 2.